The van der Waals surface area contributed by atoms with Crippen LogP contribution in [0.25, 0.3) is 11.5 Å². The standard InChI is InChI=1S/C7H7IN6/c1-3-5(8)6(9)12-7(11-3)4-2-10-14-13-4/h2H,1H3,(H2,9,11,12)(H,10,13,14). The topological polar surface area (TPSA) is 93.4 Å². The third-order valence-corrected chi connectivity index (χ3v) is 3.02. The minimum atomic E-state index is 0.469. The molecule has 14 heavy (non-hydrogen) atoms. The number of aromatic amines is 1. The molecule has 0 aliphatic rings. The first-order chi connectivity index (χ1) is 6.68. The number of aryl methyl sites for hydroxylation is 1. The highest BCUT2D eigenvalue weighted by atomic mass is 127. The predicted octanol–water partition coefficient (Wildman–Crippen LogP) is 0.757. The molecule has 0 aromatic carbocycles. The molecule has 7 heteroatoms. The van der Waals surface area contributed by atoms with E-state index in [1.165, 1.54) is 0 Å². The number of anilines is 1. The number of nitrogens with zero attached hydrogens (tertiary/aromatic N) is 4. The molecule has 0 atom stereocenters. The molecule has 72 valence electrons. The van der Waals surface area contributed by atoms with Gasteiger partial charge in [0.05, 0.1) is 15.5 Å². The molecule has 0 aliphatic carbocycles. The Morgan fingerprint density at radius 3 is 2.79 bits per heavy atom. The van der Waals surface area contributed by atoms with Crippen LogP contribution < -0.4 is 5.73 Å². The first-order valence-corrected chi connectivity index (χ1v) is 4.92. The zero-order chi connectivity index (χ0) is 10.1. The lowest BCUT2D eigenvalue weighted by molar-refractivity contribution is 0.937. The summed E-state index contributed by atoms with van der Waals surface area (Å²) in [6.45, 7) is 1.88. The molecular weight excluding hydrogens is 295 g/mol. The van der Waals surface area contributed by atoms with Crippen molar-refractivity contribution in [2.75, 3.05) is 5.73 Å². The molecule has 0 bridgehead atoms. The molecule has 3 N–H and O–H groups in total. The Morgan fingerprint density at radius 1 is 1.43 bits per heavy atom. The smallest absolute Gasteiger partial charge is 0.184 e. The summed E-state index contributed by atoms with van der Waals surface area (Å²) in [7, 11) is 0. The van der Waals surface area contributed by atoms with Crippen LogP contribution in [0, 0.1) is 10.5 Å². The predicted molar refractivity (Wildman–Crippen MR) is 59.3 cm³/mol. The molecule has 0 aliphatic heterocycles. The maximum atomic E-state index is 5.71. The monoisotopic (exact) mass is 302 g/mol. The summed E-state index contributed by atoms with van der Waals surface area (Å²) >= 11 is 2.11. The summed E-state index contributed by atoms with van der Waals surface area (Å²) < 4.78 is 0.870. The van der Waals surface area contributed by atoms with Crippen molar-refractivity contribution in [2.24, 2.45) is 0 Å². The molecule has 2 rings (SSSR count). The van der Waals surface area contributed by atoms with Gasteiger partial charge in [-0.25, -0.2) is 9.97 Å². The summed E-state index contributed by atoms with van der Waals surface area (Å²) in [4.78, 5) is 8.37. The van der Waals surface area contributed by atoms with E-state index in [1.54, 1.807) is 6.20 Å². The largest absolute Gasteiger partial charge is 0.383 e. The fourth-order valence-electron chi connectivity index (χ4n) is 1.01. The molecule has 0 fully saturated rings. The van der Waals surface area contributed by atoms with Gasteiger partial charge in [0.1, 0.15) is 11.5 Å². The maximum Gasteiger partial charge on any atom is 0.184 e. The molecule has 0 saturated carbocycles. The number of halogens is 1. The number of hydrogen-bond acceptors (Lipinski definition) is 5. The Hall–Kier alpha value is -1.25. The highest BCUT2D eigenvalue weighted by Gasteiger charge is 2.09. The van der Waals surface area contributed by atoms with E-state index in [0.717, 1.165) is 9.26 Å². The van der Waals surface area contributed by atoms with Gasteiger partial charge in [-0.2, -0.15) is 15.4 Å². The quantitative estimate of drug-likeness (QED) is 0.758. The van der Waals surface area contributed by atoms with Crippen LogP contribution in [0.1, 0.15) is 5.69 Å². The van der Waals surface area contributed by atoms with Gasteiger partial charge < -0.3 is 5.73 Å². The van der Waals surface area contributed by atoms with Gasteiger partial charge in [0.25, 0.3) is 0 Å². The molecule has 0 radical (unpaired) electrons. The van der Waals surface area contributed by atoms with Crippen LogP contribution in [0.5, 0.6) is 0 Å². The number of H-pyrrole nitrogens is 1. The summed E-state index contributed by atoms with van der Waals surface area (Å²) in [5.74, 6) is 0.963. The second-order valence-corrected chi connectivity index (χ2v) is 3.77. The van der Waals surface area contributed by atoms with E-state index >= 15 is 0 Å². The highest BCUT2D eigenvalue weighted by molar-refractivity contribution is 14.1. The van der Waals surface area contributed by atoms with Crippen LogP contribution >= 0.6 is 22.6 Å². The SMILES string of the molecule is Cc1nc(-c2cn[nH]n2)nc(N)c1I. The van der Waals surface area contributed by atoms with E-state index in [9.17, 15) is 0 Å². The summed E-state index contributed by atoms with van der Waals surface area (Å²) in [5, 5.41) is 10.1. The zero-order valence-corrected chi connectivity index (χ0v) is 9.48. The molecule has 0 saturated heterocycles. The number of hydrogen-bond donors (Lipinski definition) is 2. The van der Waals surface area contributed by atoms with Gasteiger partial charge in [0.2, 0.25) is 0 Å². The van der Waals surface area contributed by atoms with Crippen molar-refractivity contribution in [3.63, 3.8) is 0 Å². The first-order valence-electron chi connectivity index (χ1n) is 3.84. The second-order valence-electron chi connectivity index (χ2n) is 2.69. The van der Waals surface area contributed by atoms with Crippen LogP contribution in [-0.2, 0) is 0 Å². The zero-order valence-electron chi connectivity index (χ0n) is 7.32. The van der Waals surface area contributed by atoms with E-state index in [0.29, 0.717) is 17.3 Å². The van der Waals surface area contributed by atoms with Crippen LogP contribution in [0.4, 0.5) is 5.82 Å². The van der Waals surface area contributed by atoms with Gasteiger partial charge in [-0.05, 0) is 29.5 Å². The lowest BCUT2D eigenvalue weighted by Gasteiger charge is -2.02. The van der Waals surface area contributed by atoms with E-state index < -0.39 is 0 Å². The van der Waals surface area contributed by atoms with Crippen molar-refractivity contribution in [2.45, 2.75) is 6.92 Å². The van der Waals surface area contributed by atoms with Crippen molar-refractivity contribution in [3.05, 3.63) is 15.5 Å². The summed E-state index contributed by atoms with van der Waals surface area (Å²) in [6, 6.07) is 0. The van der Waals surface area contributed by atoms with Gasteiger partial charge in [0, 0.05) is 0 Å². The lowest BCUT2D eigenvalue weighted by Crippen LogP contribution is -2.02. The third-order valence-electron chi connectivity index (χ3n) is 1.69. The van der Waals surface area contributed by atoms with Gasteiger partial charge in [-0.3, -0.25) is 0 Å². The first kappa shape index (κ1) is 9.31. The fourth-order valence-corrected chi connectivity index (χ4v) is 1.25. The number of aromatic nitrogens is 5. The third kappa shape index (κ3) is 1.54. The molecule has 0 unspecified atom stereocenters. The number of nitrogens with one attached hydrogen (secondary N) is 1. The second kappa shape index (κ2) is 3.48. The van der Waals surface area contributed by atoms with Crippen molar-refractivity contribution in [1.82, 2.24) is 25.4 Å². The Bertz CT molecular complexity index is 428. The average molecular weight is 302 g/mol. The van der Waals surface area contributed by atoms with E-state index in [-0.39, 0.29) is 0 Å². The van der Waals surface area contributed by atoms with E-state index in [1.807, 2.05) is 6.92 Å². The van der Waals surface area contributed by atoms with Gasteiger partial charge in [-0.1, -0.05) is 0 Å². The molecule has 6 nitrogen and oxygen atoms in total. The summed E-state index contributed by atoms with van der Waals surface area (Å²) in [6.07, 6.45) is 1.56. The van der Waals surface area contributed by atoms with Crippen molar-refractivity contribution >= 4 is 28.4 Å². The van der Waals surface area contributed by atoms with Crippen molar-refractivity contribution < 1.29 is 0 Å². The molecule has 2 heterocycles. The normalized spacial score (nSPS) is 10.4. The minimum Gasteiger partial charge on any atom is -0.383 e. The molecule has 0 spiro atoms. The van der Waals surface area contributed by atoms with E-state index in [2.05, 4.69) is 48.0 Å². The Labute approximate surface area is 93.5 Å². The van der Waals surface area contributed by atoms with Crippen LogP contribution in [0.3, 0.4) is 0 Å². The van der Waals surface area contributed by atoms with Gasteiger partial charge in [-0.15, -0.1) is 0 Å². The molecular formula is C7H7IN6. The Kier molecular flexibility index (Phi) is 2.32. The number of nitrogen functional groups attached to an aromatic ring is 1. The van der Waals surface area contributed by atoms with Crippen molar-refractivity contribution in [3.8, 4) is 11.5 Å². The lowest BCUT2D eigenvalue weighted by atomic mass is 10.4. The van der Waals surface area contributed by atoms with E-state index in [4.69, 9.17) is 5.73 Å². The molecule has 2 aromatic heterocycles. The Balaban J connectivity index is 2.57. The fraction of sp³-hybridized carbons (Fsp3) is 0.143. The van der Waals surface area contributed by atoms with Crippen LogP contribution in [0.15, 0.2) is 6.20 Å². The average Bonchev–Trinajstić information content (AvgIpc) is 2.66. The van der Waals surface area contributed by atoms with Crippen LogP contribution in [-0.4, -0.2) is 25.4 Å². The van der Waals surface area contributed by atoms with Gasteiger partial charge in [0.15, 0.2) is 5.82 Å². The number of rotatable bonds is 1. The molecule has 0 amide bonds. The minimum absolute atomic E-state index is 0.469. The van der Waals surface area contributed by atoms with Gasteiger partial charge >= 0.3 is 0 Å². The number of nitrogens with two attached hydrogens (primary N) is 1. The van der Waals surface area contributed by atoms with Crippen LogP contribution in [0.2, 0.25) is 0 Å². The maximum absolute atomic E-state index is 5.71. The van der Waals surface area contributed by atoms with Crippen molar-refractivity contribution in [1.29, 1.82) is 0 Å². The highest BCUT2D eigenvalue weighted by Crippen LogP contribution is 2.19. The molecule has 2 aromatic rings. The Morgan fingerprint density at radius 2 is 2.21 bits per heavy atom. The summed E-state index contributed by atoms with van der Waals surface area (Å²) in [5.41, 5.74) is 7.15.